The van der Waals surface area contributed by atoms with Crippen molar-refractivity contribution in [2.75, 3.05) is 44.4 Å². The van der Waals surface area contributed by atoms with Crippen LogP contribution in [-0.2, 0) is 11.0 Å². The normalized spacial score (nSPS) is 17.1. The fourth-order valence-electron chi connectivity index (χ4n) is 2.23. The van der Waals surface area contributed by atoms with Crippen molar-refractivity contribution < 1.29 is 8.95 Å². The van der Waals surface area contributed by atoms with E-state index in [0.717, 1.165) is 37.6 Å². The maximum absolute atomic E-state index is 11.4. The predicted octanol–water partition coefficient (Wildman–Crippen LogP) is 2.45. The summed E-state index contributed by atoms with van der Waals surface area (Å²) in [5.41, 5.74) is 2.33. The molecule has 0 spiro atoms. The van der Waals surface area contributed by atoms with Crippen molar-refractivity contribution in [1.29, 1.82) is 0 Å². The lowest BCUT2D eigenvalue weighted by molar-refractivity contribution is 0.396. The molecule has 0 bridgehead atoms. The van der Waals surface area contributed by atoms with Gasteiger partial charge in [0.2, 0.25) is 0 Å². The molecule has 1 aliphatic rings. The van der Waals surface area contributed by atoms with Crippen molar-refractivity contribution in [2.45, 2.75) is 20.8 Å². The average molecular weight is 298 g/mol. The molecule has 0 saturated carbocycles. The molecule has 1 aromatic carbocycles. The van der Waals surface area contributed by atoms with Gasteiger partial charge in [-0.15, -0.1) is 0 Å². The number of ether oxygens (including phenoxy) is 1. The molecule has 1 atom stereocenters. The summed E-state index contributed by atoms with van der Waals surface area (Å²) in [4.78, 5) is 2.29. The van der Waals surface area contributed by atoms with Crippen molar-refractivity contribution in [2.24, 2.45) is 0 Å². The van der Waals surface area contributed by atoms with Gasteiger partial charge in [-0.05, 0) is 24.6 Å². The van der Waals surface area contributed by atoms with Gasteiger partial charge in [-0.3, -0.25) is 0 Å². The first-order valence-corrected chi connectivity index (χ1v) is 8.61. The van der Waals surface area contributed by atoms with Gasteiger partial charge in [-0.1, -0.05) is 19.9 Å². The molecule has 1 aromatic rings. The molecule has 5 heteroatoms. The zero-order chi connectivity index (χ0) is 15.1. The van der Waals surface area contributed by atoms with Gasteiger partial charge < -0.3 is 9.64 Å². The van der Waals surface area contributed by atoms with Crippen LogP contribution in [0.1, 0.15) is 19.4 Å². The van der Waals surface area contributed by atoms with Crippen molar-refractivity contribution in [1.82, 2.24) is 4.31 Å². The molecule has 0 aromatic heterocycles. The highest BCUT2D eigenvalue weighted by Gasteiger charge is 2.21. The van der Waals surface area contributed by atoms with Gasteiger partial charge in [-0.25, -0.2) is 8.51 Å². The van der Waals surface area contributed by atoms with Crippen LogP contribution >= 0.6 is 0 Å². The number of benzene rings is 1. The second kappa shape index (κ2) is 8.27. The molecule has 0 N–H and O–H groups in total. The highest BCUT2D eigenvalue weighted by atomic mass is 32.2. The van der Waals surface area contributed by atoms with Gasteiger partial charge in [-0.2, -0.15) is 0 Å². The molecule has 0 radical (unpaired) electrons. The van der Waals surface area contributed by atoms with E-state index in [0.29, 0.717) is 0 Å². The highest BCUT2D eigenvalue weighted by molar-refractivity contribution is 7.81. The van der Waals surface area contributed by atoms with Crippen LogP contribution in [0.2, 0.25) is 0 Å². The summed E-state index contributed by atoms with van der Waals surface area (Å²) < 4.78 is 18.8. The summed E-state index contributed by atoms with van der Waals surface area (Å²) >= 11 is 0. The largest absolute Gasteiger partial charge is 0.495 e. The Morgan fingerprint density at radius 1 is 1.15 bits per heavy atom. The fraction of sp³-hybridized carbons (Fsp3) is 0.600. The summed E-state index contributed by atoms with van der Waals surface area (Å²) in [5, 5.41) is 0. The fourth-order valence-corrected chi connectivity index (χ4v) is 2.91. The molecule has 0 amide bonds. The lowest BCUT2D eigenvalue weighted by Crippen LogP contribution is -2.46. The molecule has 0 aliphatic carbocycles. The molecular formula is C15H26N2O2S. The zero-order valence-electron chi connectivity index (χ0n) is 13.2. The van der Waals surface area contributed by atoms with Crippen LogP contribution in [0.3, 0.4) is 0 Å². The van der Waals surface area contributed by atoms with Crippen LogP contribution in [0.25, 0.3) is 0 Å². The molecule has 1 saturated heterocycles. The second-order valence-corrected chi connectivity index (χ2v) is 5.88. The number of aryl methyl sites for hydroxylation is 1. The topological polar surface area (TPSA) is 32.8 Å². The molecule has 1 heterocycles. The number of methoxy groups -OCH3 is 1. The second-order valence-electron chi connectivity index (χ2n) is 4.52. The van der Waals surface area contributed by atoms with Crippen LogP contribution in [0.5, 0.6) is 5.75 Å². The minimum atomic E-state index is -0.859. The lowest BCUT2D eigenvalue weighted by atomic mass is 10.2. The van der Waals surface area contributed by atoms with E-state index in [2.05, 4.69) is 30.0 Å². The Bertz CT molecular complexity index is 443. The zero-order valence-corrected chi connectivity index (χ0v) is 14.0. The Kier molecular flexibility index (Phi) is 7.02. The number of rotatable bonds is 3. The standard InChI is InChI=1S/C13H20N2O2S.C2H6/c1-11-4-5-12(13(10-11)17-2)14-6-8-15(9-7-14)18(3)16;1-2/h4-5,10H,6-9H2,1-3H3;1-2H3. The Morgan fingerprint density at radius 3 is 2.25 bits per heavy atom. The predicted molar refractivity (Wildman–Crippen MR) is 86.9 cm³/mol. The highest BCUT2D eigenvalue weighted by Crippen LogP contribution is 2.29. The van der Waals surface area contributed by atoms with Crippen LogP contribution in [-0.4, -0.2) is 48.1 Å². The number of hydrogen-bond acceptors (Lipinski definition) is 3. The quantitative estimate of drug-likeness (QED) is 0.859. The van der Waals surface area contributed by atoms with Gasteiger partial charge in [0.25, 0.3) is 0 Å². The van der Waals surface area contributed by atoms with E-state index >= 15 is 0 Å². The molecule has 1 aliphatic heterocycles. The summed E-state index contributed by atoms with van der Waals surface area (Å²) in [5.74, 6) is 0.918. The summed E-state index contributed by atoms with van der Waals surface area (Å²) in [6.07, 6.45) is 1.74. The van der Waals surface area contributed by atoms with Crippen LogP contribution in [0.15, 0.2) is 18.2 Å². The minimum Gasteiger partial charge on any atom is -0.495 e. The lowest BCUT2D eigenvalue weighted by Gasteiger charge is -2.35. The molecule has 1 fully saturated rings. The van der Waals surface area contributed by atoms with Crippen molar-refractivity contribution in [3.63, 3.8) is 0 Å². The molecule has 114 valence electrons. The monoisotopic (exact) mass is 298 g/mol. The first-order chi connectivity index (χ1) is 9.61. The van der Waals surface area contributed by atoms with Gasteiger partial charge in [0.1, 0.15) is 5.75 Å². The van der Waals surface area contributed by atoms with E-state index in [-0.39, 0.29) is 0 Å². The van der Waals surface area contributed by atoms with Gasteiger partial charge in [0.05, 0.1) is 23.8 Å². The van der Waals surface area contributed by atoms with Gasteiger partial charge >= 0.3 is 0 Å². The third-order valence-corrected chi connectivity index (χ3v) is 4.37. The third-order valence-electron chi connectivity index (χ3n) is 3.28. The number of nitrogens with zero attached hydrogens (tertiary/aromatic N) is 2. The van der Waals surface area contributed by atoms with E-state index in [4.69, 9.17) is 4.74 Å². The third kappa shape index (κ3) is 4.21. The summed E-state index contributed by atoms with van der Waals surface area (Å²) in [6, 6.07) is 6.26. The maximum atomic E-state index is 11.4. The van der Waals surface area contributed by atoms with E-state index in [1.807, 2.05) is 18.2 Å². The maximum Gasteiger partial charge on any atom is 0.142 e. The molecule has 2 rings (SSSR count). The Balaban J connectivity index is 0.000000956. The molecule has 4 nitrogen and oxygen atoms in total. The number of piperazine rings is 1. The Labute approximate surface area is 125 Å². The van der Waals surface area contributed by atoms with E-state index < -0.39 is 11.0 Å². The van der Waals surface area contributed by atoms with Crippen LogP contribution in [0.4, 0.5) is 5.69 Å². The van der Waals surface area contributed by atoms with Gasteiger partial charge in [0.15, 0.2) is 0 Å². The van der Waals surface area contributed by atoms with Crippen molar-refractivity contribution in [3.05, 3.63) is 23.8 Å². The summed E-state index contributed by atoms with van der Waals surface area (Å²) in [6.45, 7) is 9.50. The van der Waals surface area contributed by atoms with Crippen molar-refractivity contribution >= 4 is 16.7 Å². The summed E-state index contributed by atoms with van der Waals surface area (Å²) in [7, 11) is 0.845. The average Bonchev–Trinajstić information content (AvgIpc) is 2.49. The smallest absolute Gasteiger partial charge is 0.142 e. The molecular weight excluding hydrogens is 272 g/mol. The molecule has 20 heavy (non-hydrogen) atoms. The SMILES string of the molecule is CC.COc1cc(C)ccc1N1CCN(S(C)=O)CC1. The van der Waals surface area contributed by atoms with E-state index in [1.165, 1.54) is 5.56 Å². The number of anilines is 1. The number of hydrogen-bond donors (Lipinski definition) is 0. The van der Waals surface area contributed by atoms with Crippen LogP contribution in [0, 0.1) is 6.92 Å². The van der Waals surface area contributed by atoms with E-state index in [1.54, 1.807) is 13.4 Å². The Hall–Kier alpha value is -1.07. The van der Waals surface area contributed by atoms with Crippen molar-refractivity contribution in [3.8, 4) is 5.75 Å². The minimum absolute atomic E-state index is 0.833. The van der Waals surface area contributed by atoms with Gasteiger partial charge in [0, 0.05) is 32.4 Å². The van der Waals surface area contributed by atoms with E-state index in [9.17, 15) is 4.21 Å². The molecule has 1 unspecified atom stereocenters. The first-order valence-electron chi connectivity index (χ1n) is 7.10. The van der Waals surface area contributed by atoms with Crippen LogP contribution < -0.4 is 9.64 Å². The first kappa shape index (κ1) is 17.0. The Morgan fingerprint density at radius 2 is 1.75 bits per heavy atom.